The molecule has 0 fully saturated rings. The number of hydrogen-bond donors (Lipinski definition) is 1. The molecule has 0 heterocycles. The molecule has 0 aromatic heterocycles. The molecule has 4 heteroatoms. The summed E-state index contributed by atoms with van der Waals surface area (Å²) in [6.07, 6.45) is 0. The zero-order valence-corrected chi connectivity index (χ0v) is 11.6. The number of carboxylic acid groups (broad SMARTS) is 1. The van der Waals surface area contributed by atoms with Crippen LogP contribution in [0, 0.1) is 6.92 Å². The van der Waals surface area contributed by atoms with E-state index in [4.69, 9.17) is 9.47 Å². The SMILES string of the molecule is COc1cc(OC)cc(-c2cc(C)ccc2C(=O)O)c1. The molecule has 2 aromatic rings. The molecule has 0 unspecified atom stereocenters. The van der Waals surface area contributed by atoms with Crippen molar-refractivity contribution < 1.29 is 19.4 Å². The first-order chi connectivity index (χ1) is 9.55. The zero-order chi connectivity index (χ0) is 14.7. The van der Waals surface area contributed by atoms with Crippen LogP contribution in [-0.2, 0) is 0 Å². The third-order valence-electron chi connectivity index (χ3n) is 3.07. The monoisotopic (exact) mass is 272 g/mol. The largest absolute Gasteiger partial charge is 0.497 e. The van der Waals surface area contributed by atoms with Crippen LogP contribution >= 0.6 is 0 Å². The van der Waals surface area contributed by atoms with Gasteiger partial charge in [0.15, 0.2) is 0 Å². The Morgan fingerprint density at radius 3 is 2.10 bits per heavy atom. The van der Waals surface area contributed by atoms with E-state index in [1.54, 1.807) is 44.6 Å². The highest BCUT2D eigenvalue weighted by atomic mass is 16.5. The second-order valence-corrected chi connectivity index (χ2v) is 4.46. The number of carboxylic acids is 1. The summed E-state index contributed by atoms with van der Waals surface area (Å²) in [4.78, 5) is 11.4. The third kappa shape index (κ3) is 2.74. The molecule has 0 amide bonds. The number of aryl methyl sites for hydroxylation is 1. The normalized spacial score (nSPS) is 10.2. The van der Waals surface area contributed by atoms with Gasteiger partial charge in [-0.05, 0) is 36.2 Å². The molecule has 20 heavy (non-hydrogen) atoms. The van der Waals surface area contributed by atoms with E-state index in [2.05, 4.69) is 0 Å². The van der Waals surface area contributed by atoms with E-state index in [0.29, 0.717) is 17.1 Å². The van der Waals surface area contributed by atoms with Gasteiger partial charge < -0.3 is 14.6 Å². The molecule has 0 atom stereocenters. The number of aromatic carboxylic acids is 1. The zero-order valence-electron chi connectivity index (χ0n) is 11.6. The molecule has 0 saturated heterocycles. The Bertz CT molecular complexity index is 625. The van der Waals surface area contributed by atoms with Crippen molar-refractivity contribution in [1.29, 1.82) is 0 Å². The number of ether oxygens (including phenoxy) is 2. The lowest BCUT2D eigenvalue weighted by molar-refractivity contribution is 0.0697. The number of carbonyl (C=O) groups is 1. The fourth-order valence-corrected chi connectivity index (χ4v) is 2.05. The van der Waals surface area contributed by atoms with Crippen LogP contribution in [0.5, 0.6) is 11.5 Å². The van der Waals surface area contributed by atoms with Crippen LogP contribution in [0.1, 0.15) is 15.9 Å². The van der Waals surface area contributed by atoms with Crippen LogP contribution in [0.15, 0.2) is 36.4 Å². The average molecular weight is 272 g/mol. The first-order valence-electron chi connectivity index (χ1n) is 6.12. The summed E-state index contributed by atoms with van der Waals surface area (Å²) >= 11 is 0. The Hall–Kier alpha value is -2.49. The molecular weight excluding hydrogens is 256 g/mol. The molecule has 104 valence electrons. The van der Waals surface area contributed by atoms with E-state index < -0.39 is 5.97 Å². The average Bonchev–Trinajstić information content (AvgIpc) is 2.46. The van der Waals surface area contributed by atoms with Crippen molar-refractivity contribution in [2.75, 3.05) is 14.2 Å². The Labute approximate surface area is 117 Å². The van der Waals surface area contributed by atoms with E-state index in [-0.39, 0.29) is 5.56 Å². The maximum atomic E-state index is 11.4. The Morgan fingerprint density at radius 2 is 1.60 bits per heavy atom. The van der Waals surface area contributed by atoms with Gasteiger partial charge in [0, 0.05) is 6.07 Å². The first-order valence-corrected chi connectivity index (χ1v) is 6.12. The maximum absolute atomic E-state index is 11.4. The van der Waals surface area contributed by atoms with Gasteiger partial charge in [-0.2, -0.15) is 0 Å². The lowest BCUT2D eigenvalue weighted by atomic mass is 9.97. The molecule has 0 spiro atoms. The Kier molecular flexibility index (Phi) is 3.94. The van der Waals surface area contributed by atoms with Gasteiger partial charge in [0.25, 0.3) is 0 Å². The summed E-state index contributed by atoms with van der Waals surface area (Å²) in [5.41, 5.74) is 2.65. The summed E-state index contributed by atoms with van der Waals surface area (Å²) in [6, 6.07) is 10.6. The molecule has 0 aliphatic rings. The first kappa shape index (κ1) is 13.9. The summed E-state index contributed by atoms with van der Waals surface area (Å²) in [5.74, 6) is 0.288. The molecule has 0 bridgehead atoms. The number of benzene rings is 2. The van der Waals surface area contributed by atoms with Crippen molar-refractivity contribution in [2.45, 2.75) is 6.92 Å². The van der Waals surface area contributed by atoms with Crippen LogP contribution in [-0.4, -0.2) is 25.3 Å². The van der Waals surface area contributed by atoms with Gasteiger partial charge in [-0.15, -0.1) is 0 Å². The Morgan fingerprint density at radius 1 is 1.00 bits per heavy atom. The smallest absolute Gasteiger partial charge is 0.336 e. The standard InChI is InChI=1S/C16H16O4/c1-10-4-5-14(16(17)18)15(6-10)11-7-12(19-2)9-13(8-11)20-3/h4-9H,1-3H3,(H,17,18). The van der Waals surface area contributed by atoms with Crippen molar-refractivity contribution >= 4 is 5.97 Å². The van der Waals surface area contributed by atoms with Crippen LogP contribution < -0.4 is 9.47 Å². The van der Waals surface area contributed by atoms with Crippen molar-refractivity contribution in [1.82, 2.24) is 0 Å². The van der Waals surface area contributed by atoms with E-state index in [1.165, 1.54) is 0 Å². The molecule has 4 nitrogen and oxygen atoms in total. The summed E-state index contributed by atoms with van der Waals surface area (Å²) in [6.45, 7) is 1.92. The highest BCUT2D eigenvalue weighted by Crippen LogP contribution is 2.32. The molecule has 0 saturated carbocycles. The minimum atomic E-state index is -0.957. The number of hydrogen-bond acceptors (Lipinski definition) is 3. The highest BCUT2D eigenvalue weighted by Gasteiger charge is 2.13. The van der Waals surface area contributed by atoms with Gasteiger partial charge >= 0.3 is 5.97 Å². The van der Waals surface area contributed by atoms with E-state index in [9.17, 15) is 9.90 Å². The highest BCUT2D eigenvalue weighted by molar-refractivity contribution is 5.96. The lowest BCUT2D eigenvalue weighted by Gasteiger charge is -2.11. The van der Waals surface area contributed by atoms with Crippen molar-refractivity contribution in [2.24, 2.45) is 0 Å². The van der Waals surface area contributed by atoms with Gasteiger partial charge in [-0.1, -0.05) is 17.7 Å². The third-order valence-corrected chi connectivity index (χ3v) is 3.07. The van der Waals surface area contributed by atoms with Crippen LogP contribution in [0.25, 0.3) is 11.1 Å². The summed E-state index contributed by atoms with van der Waals surface area (Å²) in [5, 5.41) is 9.31. The fraction of sp³-hybridized carbons (Fsp3) is 0.188. The van der Waals surface area contributed by atoms with Crippen molar-refractivity contribution in [3.8, 4) is 22.6 Å². The maximum Gasteiger partial charge on any atom is 0.336 e. The summed E-state index contributed by atoms with van der Waals surface area (Å²) < 4.78 is 10.4. The number of rotatable bonds is 4. The van der Waals surface area contributed by atoms with Gasteiger partial charge in [-0.3, -0.25) is 0 Å². The van der Waals surface area contributed by atoms with E-state index in [0.717, 1.165) is 11.1 Å². The molecule has 2 rings (SSSR count). The van der Waals surface area contributed by atoms with Gasteiger partial charge in [0.2, 0.25) is 0 Å². The fourth-order valence-electron chi connectivity index (χ4n) is 2.05. The number of methoxy groups -OCH3 is 2. The van der Waals surface area contributed by atoms with Crippen LogP contribution in [0.3, 0.4) is 0 Å². The molecule has 1 N–H and O–H groups in total. The van der Waals surface area contributed by atoms with E-state index >= 15 is 0 Å². The van der Waals surface area contributed by atoms with Crippen LogP contribution in [0.2, 0.25) is 0 Å². The van der Waals surface area contributed by atoms with Gasteiger partial charge in [0.1, 0.15) is 11.5 Å². The van der Waals surface area contributed by atoms with Crippen molar-refractivity contribution in [3.63, 3.8) is 0 Å². The van der Waals surface area contributed by atoms with E-state index in [1.807, 2.05) is 13.0 Å². The Balaban J connectivity index is 2.66. The minimum absolute atomic E-state index is 0.255. The second kappa shape index (κ2) is 5.65. The predicted octanol–water partition coefficient (Wildman–Crippen LogP) is 3.38. The molecule has 0 radical (unpaired) electrons. The molecule has 0 aliphatic carbocycles. The minimum Gasteiger partial charge on any atom is -0.497 e. The second-order valence-electron chi connectivity index (χ2n) is 4.46. The van der Waals surface area contributed by atoms with Gasteiger partial charge in [-0.25, -0.2) is 4.79 Å². The lowest BCUT2D eigenvalue weighted by Crippen LogP contribution is -2.00. The quantitative estimate of drug-likeness (QED) is 0.927. The molecule has 2 aromatic carbocycles. The molecular formula is C16H16O4. The summed E-state index contributed by atoms with van der Waals surface area (Å²) in [7, 11) is 3.12. The molecule has 0 aliphatic heterocycles. The van der Waals surface area contributed by atoms with Crippen LogP contribution in [0.4, 0.5) is 0 Å². The topological polar surface area (TPSA) is 55.8 Å². The predicted molar refractivity (Wildman–Crippen MR) is 76.7 cm³/mol. The van der Waals surface area contributed by atoms with Gasteiger partial charge in [0.05, 0.1) is 19.8 Å². The van der Waals surface area contributed by atoms with Crippen molar-refractivity contribution in [3.05, 3.63) is 47.5 Å².